The summed E-state index contributed by atoms with van der Waals surface area (Å²) in [5.41, 5.74) is 4.52. The van der Waals surface area contributed by atoms with E-state index in [9.17, 15) is 9.18 Å². The molecular formula is C14H11FN4O. The number of nitrogen functional groups attached to an aromatic ring is 1. The molecule has 100 valence electrons. The summed E-state index contributed by atoms with van der Waals surface area (Å²) in [5.74, 6) is 4.93. The van der Waals surface area contributed by atoms with E-state index in [1.54, 1.807) is 30.3 Å². The average Bonchev–Trinajstić information content (AvgIpc) is 2.89. The lowest BCUT2D eigenvalue weighted by molar-refractivity contribution is 0.0954. The van der Waals surface area contributed by atoms with E-state index >= 15 is 0 Å². The van der Waals surface area contributed by atoms with Gasteiger partial charge >= 0.3 is 0 Å². The number of H-pyrrole nitrogens is 1. The molecule has 1 amide bonds. The molecule has 0 atom stereocenters. The highest BCUT2D eigenvalue weighted by atomic mass is 19.1. The number of benzene rings is 2. The van der Waals surface area contributed by atoms with Gasteiger partial charge in [0.25, 0.3) is 5.91 Å². The minimum atomic E-state index is -0.381. The van der Waals surface area contributed by atoms with Crippen LogP contribution in [0, 0.1) is 5.82 Å². The van der Waals surface area contributed by atoms with Crippen molar-refractivity contribution in [2.75, 3.05) is 0 Å². The second kappa shape index (κ2) is 4.75. The Labute approximate surface area is 113 Å². The molecule has 5 nitrogen and oxygen atoms in total. The smallest absolute Gasteiger partial charge is 0.265 e. The van der Waals surface area contributed by atoms with Gasteiger partial charge in [-0.15, -0.1) is 0 Å². The molecule has 0 saturated heterocycles. The number of hydrogen-bond acceptors (Lipinski definition) is 3. The Morgan fingerprint density at radius 1 is 1.25 bits per heavy atom. The summed E-state index contributed by atoms with van der Waals surface area (Å²) in [7, 11) is 0. The minimum absolute atomic E-state index is 0.328. The zero-order valence-corrected chi connectivity index (χ0v) is 10.4. The molecule has 0 saturated carbocycles. The quantitative estimate of drug-likeness (QED) is 0.378. The van der Waals surface area contributed by atoms with Crippen LogP contribution < -0.4 is 11.3 Å². The van der Waals surface area contributed by atoms with E-state index in [0.29, 0.717) is 28.0 Å². The Balaban J connectivity index is 2.09. The van der Waals surface area contributed by atoms with Gasteiger partial charge in [0.05, 0.1) is 11.0 Å². The van der Waals surface area contributed by atoms with Gasteiger partial charge < -0.3 is 4.98 Å². The number of aromatic amines is 1. The Kier molecular flexibility index (Phi) is 2.92. The average molecular weight is 270 g/mol. The van der Waals surface area contributed by atoms with Crippen LogP contribution >= 0.6 is 0 Å². The molecule has 1 aromatic heterocycles. The molecule has 0 spiro atoms. The molecular weight excluding hydrogens is 259 g/mol. The predicted molar refractivity (Wildman–Crippen MR) is 73.1 cm³/mol. The zero-order valence-electron chi connectivity index (χ0n) is 10.4. The Hall–Kier alpha value is -2.73. The molecule has 6 heteroatoms. The third-order valence-corrected chi connectivity index (χ3v) is 2.97. The molecule has 3 aromatic rings. The van der Waals surface area contributed by atoms with E-state index in [1.807, 2.05) is 0 Å². The van der Waals surface area contributed by atoms with Crippen molar-refractivity contribution in [3.63, 3.8) is 0 Å². The van der Waals surface area contributed by atoms with Crippen LogP contribution in [0.5, 0.6) is 0 Å². The van der Waals surface area contributed by atoms with Gasteiger partial charge in [0.2, 0.25) is 0 Å². The molecule has 4 N–H and O–H groups in total. The van der Waals surface area contributed by atoms with Crippen LogP contribution in [0.3, 0.4) is 0 Å². The van der Waals surface area contributed by atoms with Crippen LogP contribution in [0.4, 0.5) is 4.39 Å². The molecule has 20 heavy (non-hydrogen) atoms. The summed E-state index contributed by atoms with van der Waals surface area (Å²) in [5, 5.41) is 0. The lowest BCUT2D eigenvalue weighted by atomic mass is 10.2. The number of fused-ring (bicyclic) bond motifs is 1. The molecule has 0 fully saturated rings. The Morgan fingerprint density at radius 3 is 2.85 bits per heavy atom. The Bertz CT molecular complexity index is 797. The van der Waals surface area contributed by atoms with Gasteiger partial charge in [-0.2, -0.15) is 0 Å². The van der Waals surface area contributed by atoms with Crippen molar-refractivity contribution in [2.24, 2.45) is 5.84 Å². The second-order valence-corrected chi connectivity index (χ2v) is 4.30. The third-order valence-electron chi connectivity index (χ3n) is 2.97. The first-order chi connectivity index (χ1) is 9.67. The monoisotopic (exact) mass is 270 g/mol. The van der Waals surface area contributed by atoms with Crippen molar-refractivity contribution in [3.05, 3.63) is 53.8 Å². The van der Waals surface area contributed by atoms with E-state index in [4.69, 9.17) is 5.84 Å². The molecule has 0 bridgehead atoms. The number of carbonyl (C=O) groups is 1. The highest BCUT2D eigenvalue weighted by molar-refractivity contribution is 5.97. The van der Waals surface area contributed by atoms with E-state index in [1.165, 1.54) is 12.1 Å². The SMILES string of the molecule is NNC(=O)c1ccc2nc(-c3cccc(F)c3)[nH]c2c1. The number of nitrogens with zero attached hydrogens (tertiary/aromatic N) is 1. The number of carbonyl (C=O) groups excluding carboxylic acids is 1. The second-order valence-electron chi connectivity index (χ2n) is 4.30. The number of nitrogens with two attached hydrogens (primary N) is 1. The molecule has 0 aliphatic carbocycles. The zero-order chi connectivity index (χ0) is 14.1. The summed E-state index contributed by atoms with van der Waals surface area (Å²) in [6.07, 6.45) is 0. The molecule has 0 aliphatic rings. The highest BCUT2D eigenvalue weighted by Crippen LogP contribution is 2.21. The maximum absolute atomic E-state index is 13.2. The van der Waals surface area contributed by atoms with Gasteiger partial charge in [0.15, 0.2) is 0 Å². The van der Waals surface area contributed by atoms with Gasteiger partial charge in [-0.1, -0.05) is 12.1 Å². The molecule has 0 radical (unpaired) electrons. The maximum atomic E-state index is 13.2. The largest absolute Gasteiger partial charge is 0.338 e. The number of rotatable bonds is 2. The van der Waals surface area contributed by atoms with Crippen molar-refractivity contribution in [1.29, 1.82) is 0 Å². The van der Waals surface area contributed by atoms with Crippen LogP contribution in [-0.4, -0.2) is 15.9 Å². The molecule has 3 rings (SSSR count). The number of hydrazine groups is 1. The lowest BCUT2D eigenvalue weighted by Gasteiger charge is -1.98. The fraction of sp³-hybridized carbons (Fsp3) is 0. The summed E-state index contributed by atoms with van der Waals surface area (Å²) < 4.78 is 13.2. The van der Waals surface area contributed by atoms with Gasteiger partial charge in [0, 0.05) is 11.1 Å². The van der Waals surface area contributed by atoms with E-state index < -0.39 is 0 Å². The Morgan fingerprint density at radius 2 is 2.10 bits per heavy atom. The summed E-state index contributed by atoms with van der Waals surface area (Å²) in [4.78, 5) is 18.9. The van der Waals surface area contributed by atoms with Crippen molar-refractivity contribution >= 4 is 16.9 Å². The van der Waals surface area contributed by atoms with Crippen LogP contribution in [0.2, 0.25) is 0 Å². The van der Waals surface area contributed by atoms with Crippen molar-refractivity contribution in [3.8, 4) is 11.4 Å². The van der Waals surface area contributed by atoms with Crippen LogP contribution in [-0.2, 0) is 0 Å². The van der Waals surface area contributed by atoms with E-state index in [-0.39, 0.29) is 11.7 Å². The summed E-state index contributed by atoms with van der Waals surface area (Å²) in [6.45, 7) is 0. The fourth-order valence-corrected chi connectivity index (χ4v) is 2.01. The van der Waals surface area contributed by atoms with Gasteiger partial charge in [-0.3, -0.25) is 10.2 Å². The third kappa shape index (κ3) is 2.12. The van der Waals surface area contributed by atoms with Crippen molar-refractivity contribution in [1.82, 2.24) is 15.4 Å². The summed E-state index contributed by atoms with van der Waals surface area (Å²) >= 11 is 0. The maximum Gasteiger partial charge on any atom is 0.265 e. The molecule has 0 unspecified atom stereocenters. The first-order valence-electron chi connectivity index (χ1n) is 5.94. The number of imidazole rings is 1. The first kappa shape index (κ1) is 12.3. The molecule has 0 aliphatic heterocycles. The first-order valence-corrected chi connectivity index (χ1v) is 5.94. The predicted octanol–water partition coefficient (Wildman–Crippen LogP) is 1.97. The van der Waals surface area contributed by atoms with Crippen LogP contribution in [0.1, 0.15) is 10.4 Å². The fourth-order valence-electron chi connectivity index (χ4n) is 2.01. The molecule has 1 heterocycles. The van der Waals surface area contributed by atoms with Crippen molar-refractivity contribution in [2.45, 2.75) is 0 Å². The number of nitrogens with one attached hydrogen (secondary N) is 2. The van der Waals surface area contributed by atoms with Gasteiger partial charge in [0.1, 0.15) is 11.6 Å². The number of aromatic nitrogens is 2. The summed E-state index contributed by atoms with van der Waals surface area (Å²) in [6, 6.07) is 11.1. The van der Waals surface area contributed by atoms with Crippen molar-refractivity contribution < 1.29 is 9.18 Å². The standard InChI is InChI=1S/C14H11FN4O/c15-10-3-1-2-8(6-10)13-17-11-5-4-9(14(20)19-16)7-12(11)18-13/h1-7H,16H2,(H,17,18)(H,19,20). The van der Waals surface area contributed by atoms with E-state index in [0.717, 1.165) is 0 Å². The number of halogens is 1. The number of amides is 1. The molecule has 2 aromatic carbocycles. The van der Waals surface area contributed by atoms with Crippen LogP contribution in [0.25, 0.3) is 22.4 Å². The number of hydrogen-bond donors (Lipinski definition) is 3. The normalized spacial score (nSPS) is 10.7. The lowest BCUT2D eigenvalue weighted by Crippen LogP contribution is -2.29. The minimum Gasteiger partial charge on any atom is -0.338 e. The van der Waals surface area contributed by atoms with Crippen LogP contribution in [0.15, 0.2) is 42.5 Å². The van der Waals surface area contributed by atoms with E-state index in [2.05, 4.69) is 15.4 Å². The van der Waals surface area contributed by atoms with Gasteiger partial charge in [-0.05, 0) is 30.3 Å². The van der Waals surface area contributed by atoms with Gasteiger partial charge in [-0.25, -0.2) is 15.2 Å². The highest BCUT2D eigenvalue weighted by Gasteiger charge is 2.09. The topological polar surface area (TPSA) is 83.8 Å².